The summed E-state index contributed by atoms with van der Waals surface area (Å²) in [5, 5.41) is 0.970. The number of Topliss-reactive ketones (excluding diaryl/α,β-unsaturated/α-hetero) is 1. The number of pyridine rings is 1. The molecule has 5 nitrogen and oxygen atoms in total. The van der Waals surface area contributed by atoms with E-state index < -0.39 is 12.1 Å². The number of para-hydroxylation sites is 1. The molecule has 2 N–H and O–H groups in total. The fraction of sp³-hybridized carbons (Fsp3) is 0.350. The summed E-state index contributed by atoms with van der Waals surface area (Å²) < 4.78 is 0. The molecule has 2 rings (SSSR count). The van der Waals surface area contributed by atoms with Crippen molar-refractivity contribution < 1.29 is 9.59 Å². The largest absolute Gasteiger partial charge is 0.320 e. The molecule has 2 atom stereocenters. The zero-order chi connectivity index (χ0) is 18.6. The second-order valence-corrected chi connectivity index (χ2v) is 6.51. The lowest BCUT2D eigenvalue weighted by atomic mass is 9.95. The molecular weight excluding hydrogens is 314 g/mol. The highest BCUT2D eigenvalue weighted by atomic mass is 16.2. The van der Waals surface area contributed by atoms with Gasteiger partial charge in [0, 0.05) is 11.8 Å². The van der Waals surface area contributed by atoms with Crippen molar-refractivity contribution in [2.45, 2.75) is 39.3 Å². The molecule has 25 heavy (non-hydrogen) atoms. The molecule has 5 heteroatoms. The van der Waals surface area contributed by atoms with Crippen molar-refractivity contribution in [2.75, 3.05) is 4.90 Å². The van der Waals surface area contributed by atoms with Gasteiger partial charge in [-0.2, -0.15) is 0 Å². The Kier molecular flexibility index (Phi) is 6.04. The lowest BCUT2D eigenvalue weighted by molar-refractivity contribution is -0.126. The number of fused-ring (bicyclic) bond motifs is 1. The lowest BCUT2D eigenvalue weighted by Gasteiger charge is -2.33. The Balaban J connectivity index is 2.58. The van der Waals surface area contributed by atoms with Crippen LogP contribution in [0.4, 0.5) is 5.82 Å². The van der Waals surface area contributed by atoms with Gasteiger partial charge in [-0.25, -0.2) is 4.98 Å². The third kappa shape index (κ3) is 4.12. The summed E-state index contributed by atoms with van der Waals surface area (Å²) in [6.45, 7) is 9.07. The summed E-state index contributed by atoms with van der Waals surface area (Å²) in [7, 11) is 0. The highest BCUT2D eigenvalue weighted by Gasteiger charge is 2.34. The van der Waals surface area contributed by atoms with Crippen molar-refractivity contribution in [3.8, 4) is 0 Å². The van der Waals surface area contributed by atoms with Crippen LogP contribution in [0.2, 0.25) is 0 Å². The smallest absolute Gasteiger partial charge is 0.245 e. The number of anilines is 1. The zero-order valence-electron chi connectivity index (χ0n) is 15.0. The number of allylic oxidation sites excluding steroid dienone is 1. The van der Waals surface area contributed by atoms with E-state index in [1.54, 1.807) is 19.1 Å². The van der Waals surface area contributed by atoms with E-state index in [-0.39, 0.29) is 24.0 Å². The number of hydrogen-bond donors (Lipinski definition) is 1. The van der Waals surface area contributed by atoms with Crippen LogP contribution in [0.25, 0.3) is 10.9 Å². The molecule has 1 aromatic heterocycles. The molecule has 0 aliphatic heterocycles. The van der Waals surface area contributed by atoms with E-state index >= 15 is 0 Å². The Bertz CT molecular complexity index is 783. The SMILES string of the molecule is C=CCC(=O)[C@H](C(C)C)N(C(=O)[C@H](C)N)c1ccc2ccccc2n1. The maximum Gasteiger partial charge on any atom is 0.245 e. The Morgan fingerprint density at radius 1 is 1.20 bits per heavy atom. The van der Waals surface area contributed by atoms with Crippen LogP contribution in [-0.2, 0) is 9.59 Å². The van der Waals surface area contributed by atoms with Gasteiger partial charge < -0.3 is 5.73 Å². The summed E-state index contributed by atoms with van der Waals surface area (Å²) in [6, 6.07) is 9.94. The second kappa shape index (κ2) is 8.03. The van der Waals surface area contributed by atoms with E-state index in [2.05, 4.69) is 11.6 Å². The third-order valence-electron chi connectivity index (χ3n) is 4.04. The molecule has 0 bridgehead atoms. The van der Waals surface area contributed by atoms with E-state index in [0.29, 0.717) is 5.82 Å². The van der Waals surface area contributed by atoms with Crippen LogP contribution >= 0.6 is 0 Å². The van der Waals surface area contributed by atoms with Crippen LogP contribution in [0.1, 0.15) is 27.2 Å². The first-order chi connectivity index (χ1) is 11.9. The van der Waals surface area contributed by atoms with E-state index in [1.807, 2.05) is 44.2 Å². The Labute approximate surface area is 148 Å². The number of nitrogens with zero attached hydrogens (tertiary/aromatic N) is 2. The molecular formula is C20H25N3O2. The molecule has 0 aliphatic carbocycles. The Morgan fingerprint density at radius 3 is 2.48 bits per heavy atom. The van der Waals surface area contributed by atoms with Crippen molar-refractivity contribution in [1.29, 1.82) is 0 Å². The van der Waals surface area contributed by atoms with Crippen molar-refractivity contribution in [3.63, 3.8) is 0 Å². The molecule has 0 aliphatic rings. The molecule has 132 valence electrons. The first-order valence-corrected chi connectivity index (χ1v) is 8.45. The number of hydrogen-bond acceptors (Lipinski definition) is 4. The highest BCUT2D eigenvalue weighted by molar-refractivity contribution is 6.03. The van der Waals surface area contributed by atoms with Crippen LogP contribution in [0, 0.1) is 5.92 Å². The van der Waals surface area contributed by atoms with Crippen molar-refractivity contribution in [1.82, 2.24) is 4.98 Å². The molecule has 0 fully saturated rings. The molecule has 0 saturated carbocycles. The number of carbonyl (C=O) groups excluding carboxylic acids is 2. The fourth-order valence-electron chi connectivity index (χ4n) is 2.88. The first kappa shape index (κ1) is 18.8. The van der Waals surface area contributed by atoms with Gasteiger partial charge in [-0.1, -0.05) is 38.1 Å². The molecule has 0 spiro atoms. The monoisotopic (exact) mass is 339 g/mol. The normalized spacial score (nSPS) is 13.5. The Hall–Kier alpha value is -2.53. The van der Waals surface area contributed by atoms with Crippen LogP contribution in [-0.4, -0.2) is 28.8 Å². The van der Waals surface area contributed by atoms with Crippen LogP contribution in [0.3, 0.4) is 0 Å². The van der Waals surface area contributed by atoms with Gasteiger partial charge in [0.1, 0.15) is 5.82 Å². The van der Waals surface area contributed by atoms with Gasteiger partial charge in [-0.3, -0.25) is 14.5 Å². The van der Waals surface area contributed by atoms with E-state index in [9.17, 15) is 9.59 Å². The van der Waals surface area contributed by atoms with E-state index in [4.69, 9.17) is 5.73 Å². The van der Waals surface area contributed by atoms with E-state index in [0.717, 1.165) is 10.9 Å². The number of ketones is 1. The molecule has 1 heterocycles. The minimum absolute atomic E-state index is 0.0750. The molecule has 1 aromatic carbocycles. The average molecular weight is 339 g/mol. The van der Waals surface area contributed by atoms with Gasteiger partial charge in [0.2, 0.25) is 5.91 Å². The molecule has 0 radical (unpaired) electrons. The average Bonchev–Trinajstić information content (AvgIpc) is 2.58. The quantitative estimate of drug-likeness (QED) is 0.787. The number of benzene rings is 1. The Morgan fingerprint density at radius 2 is 1.88 bits per heavy atom. The van der Waals surface area contributed by atoms with Crippen molar-refractivity contribution >= 4 is 28.4 Å². The predicted molar refractivity (Wildman–Crippen MR) is 101 cm³/mol. The molecule has 0 saturated heterocycles. The topological polar surface area (TPSA) is 76.3 Å². The third-order valence-corrected chi connectivity index (χ3v) is 4.04. The maximum atomic E-state index is 12.8. The number of carbonyl (C=O) groups is 2. The van der Waals surface area contributed by atoms with Crippen LogP contribution < -0.4 is 10.6 Å². The van der Waals surface area contributed by atoms with Gasteiger partial charge in [0.25, 0.3) is 0 Å². The summed E-state index contributed by atoms with van der Waals surface area (Å²) in [6.07, 6.45) is 1.75. The lowest BCUT2D eigenvalue weighted by Crippen LogP contribution is -2.53. The van der Waals surface area contributed by atoms with Crippen molar-refractivity contribution in [3.05, 3.63) is 49.1 Å². The van der Waals surface area contributed by atoms with Gasteiger partial charge in [-0.05, 0) is 31.0 Å². The number of amides is 1. The second-order valence-electron chi connectivity index (χ2n) is 6.51. The summed E-state index contributed by atoms with van der Waals surface area (Å²) in [4.78, 5) is 31.5. The number of nitrogens with two attached hydrogens (primary N) is 1. The molecule has 2 aromatic rings. The van der Waals surface area contributed by atoms with Crippen LogP contribution in [0.15, 0.2) is 49.1 Å². The molecule has 1 amide bonds. The first-order valence-electron chi connectivity index (χ1n) is 8.45. The summed E-state index contributed by atoms with van der Waals surface area (Å²) >= 11 is 0. The summed E-state index contributed by atoms with van der Waals surface area (Å²) in [5.74, 6) is -0.0339. The maximum absolute atomic E-state index is 12.8. The van der Waals surface area contributed by atoms with Gasteiger partial charge in [0.15, 0.2) is 5.78 Å². The zero-order valence-corrected chi connectivity index (χ0v) is 15.0. The van der Waals surface area contributed by atoms with Gasteiger partial charge >= 0.3 is 0 Å². The number of rotatable bonds is 7. The minimum atomic E-state index is -0.731. The van der Waals surface area contributed by atoms with Gasteiger partial charge in [0.05, 0.1) is 17.6 Å². The van der Waals surface area contributed by atoms with E-state index in [1.165, 1.54) is 4.90 Å². The van der Waals surface area contributed by atoms with Crippen LogP contribution in [0.5, 0.6) is 0 Å². The van der Waals surface area contributed by atoms with Gasteiger partial charge in [-0.15, -0.1) is 6.58 Å². The standard InChI is InChI=1S/C20H25N3O2/c1-5-8-17(24)19(13(2)3)23(20(25)14(4)21)18-12-11-15-9-6-7-10-16(15)22-18/h5-7,9-14,19H,1,8,21H2,2-4H3/t14-,19-/m0/s1. The summed E-state index contributed by atoms with van der Waals surface area (Å²) in [5.41, 5.74) is 6.61. The highest BCUT2D eigenvalue weighted by Crippen LogP contribution is 2.24. The minimum Gasteiger partial charge on any atom is -0.320 e. The van der Waals surface area contributed by atoms with Crippen molar-refractivity contribution in [2.24, 2.45) is 11.7 Å². The molecule has 0 unspecified atom stereocenters. The fourth-order valence-corrected chi connectivity index (χ4v) is 2.88. The number of aromatic nitrogens is 1. The predicted octanol–water partition coefficient (Wildman–Crippen LogP) is 3.08.